The summed E-state index contributed by atoms with van der Waals surface area (Å²) in [4.78, 5) is 12.4. The van der Waals surface area contributed by atoms with E-state index in [1.54, 1.807) is 13.2 Å². The molecule has 2 N–H and O–H groups in total. The number of amides is 1. The SMILES string of the molecule is COc1cccc(-c2cc(C(=O)NCc3c(C)nn(C)c3C)[nH]n2)c1. The Balaban J connectivity index is 1.72. The number of nitrogens with zero attached hydrogens (tertiary/aromatic N) is 3. The summed E-state index contributed by atoms with van der Waals surface area (Å²) in [6, 6.07) is 9.27. The van der Waals surface area contributed by atoms with Crippen LogP contribution in [0.2, 0.25) is 0 Å². The van der Waals surface area contributed by atoms with Gasteiger partial charge < -0.3 is 10.1 Å². The minimum Gasteiger partial charge on any atom is -0.497 e. The van der Waals surface area contributed by atoms with Gasteiger partial charge in [0.05, 0.1) is 18.5 Å². The zero-order chi connectivity index (χ0) is 18.0. The second-order valence-corrected chi connectivity index (χ2v) is 5.85. The Morgan fingerprint density at radius 2 is 2.12 bits per heavy atom. The second-order valence-electron chi connectivity index (χ2n) is 5.85. The van der Waals surface area contributed by atoms with E-state index < -0.39 is 0 Å². The van der Waals surface area contributed by atoms with Crippen molar-refractivity contribution < 1.29 is 9.53 Å². The van der Waals surface area contributed by atoms with Crippen LogP contribution in [-0.2, 0) is 13.6 Å². The fourth-order valence-corrected chi connectivity index (χ4v) is 2.71. The number of aryl methyl sites for hydroxylation is 2. The van der Waals surface area contributed by atoms with E-state index in [0.717, 1.165) is 28.3 Å². The van der Waals surface area contributed by atoms with Gasteiger partial charge in [0, 0.05) is 30.4 Å². The first-order valence-electron chi connectivity index (χ1n) is 7.96. The van der Waals surface area contributed by atoms with Crippen LogP contribution in [0.1, 0.15) is 27.4 Å². The molecular weight excluding hydrogens is 318 g/mol. The normalized spacial score (nSPS) is 10.7. The molecule has 3 rings (SSSR count). The van der Waals surface area contributed by atoms with Gasteiger partial charge in [-0.05, 0) is 32.0 Å². The molecule has 0 spiro atoms. The van der Waals surface area contributed by atoms with Crippen molar-refractivity contribution in [1.29, 1.82) is 0 Å². The summed E-state index contributed by atoms with van der Waals surface area (Å²) in [6.07, 6.45) is 0. The summed E-state index contributed by atoms with van der Waals surface area (Å²) in [5.41, 5.74) is 4.98. The Labute approximate surface area is 146 Å². The van der Waals surface area contributed by atoms with E-state index in [1.807, 2.05) is 49.8 Å². The van der Waals surface area contributed by atoms with Crippen molar-refractivity contribution >= 4 is 5.91 Å². The highest BCUT2D eigenvalue weighted by atomic mass is 16.5. The molecule has 0 saturated carbocycles. The van der Waals surface area contributed by atoms with E-state index in [9.17, 15) is 4.79 Å². The van der Waals surface area contributed by atoms with Crippen molar-refractivity contribution in [2.75, 3.05) is 7.11 Å². The van der Waals surface area contributed by atoms with E-state index in [2.05, 4.69) is 20.6 Å². The Kier molecular flexibility index (Phi) is 4.56. The number of methoxy groups -OCH3 is 1. The number of carbonyl (C=O) groups excluding carboxylic acids is 1. The van der Waals surface area contributed by atoms with Crippen LogP contribution >= 0.6 is 0 Å². The largest absolute Gasteiger partial charge is 0.497 e. The molecule has 0 fully saturated rings. The van der Waals surface area contributed by atoms with Crippen LogP contribution in [0, 0.1) is 13.8 Å². The van der Waals surface area contributed by atoms with Crippen molar-refractivity contribution in [2.45, 2.75) is 20.4 Å². The lowest BCUT2D eigenvalue weighted by Gasteiger charge is -2.04. The molecule has 25 heavy (non-hydrogen) atoms. The zero-order valence-corrected chi connectivity index (χ0v) is 14.8. The minimum absolute atomic E-state index is 0.204. The highest BCUT2D eigenvalue weighted by molar-refractivity contribution is 5.93. The maximum absolute atomic E-state index is 12.4. The number of rotatable bonds is 5. The van der Waals surface area contributed by atoms with Gasteiger partial charge in [0.1, 0.15) is 11.4 Å². The van der Waals surface area contributed by atoms with E-state index in [4.69, 9.17) is 4.74 Å². The van der Waals surface area contributed by atoms with Gasteiger partial charge in [-0.2, -0.15) is 10.2 Å². The van der Waals surface area contributed by atoms with E-state index in [0.29, 0.717) is 17.9 Å². The maximum atomic E-state index is 12.4. The van der Waals surface area contributed by atoms with Crippen LogP contribution in [0.25, 0.3) is 11.3 Å². The molecule has 7 heteroatoms. The minimum atomic E-state index is -0.204. The van der Waals surface area contributed by atoms with Gasteiger partial charge in [0.2, 0.25) is 0 Å². The number of aromatic amines is 1. The van der Waals surface area contributed by atoms with Crippen molar-refractivity contribution in [1.82, 2.24) is 25.3 Å². The predicted octanol–water partition coefficient (Wildman–Crippen LogP) is 2.37. The van der Waals surface area contributed by atoms with Crippen LogP contribution in [0.15, 0.2) is 30.3 Å². The molecule has 0 aliphatic heterocycles. The predicted molar refractivity (Wildman–Crippen MR) is 94.4 cm³/mol. The van der Waals surface area contributed by atoms with Crippen molar-refractivity contribution in [3.8, 4) is 17.0 Å². The molecule has 3 aromatic rings. The molecule has 0 bridgehead atoms. The van der Waals surface area contributed by atoms with Crippen LogP contribution in [0.5, 0.6) is 5.75 Å². The van der Waals surface area contributed by atoms with Gasteiger partial charge >= 0.3 is 0 Å². The maximum Gasteiger partial charge on any atom is 0.269 e. The summed E-state index contributed by atoms with van der Waals surface area (Å²) in [6.45, 7) is 4.35. The molecular formula is C18H21N5O2. The average molecular weight is 339 g/mol. The Bertz CT molecular complexity index is 910. The van der Waals surface area contributed by atoms with Gasteiger partial charge in [-0.15, -0.1) is 0 Å². The first-order valence-corrected chi connectivity index (χ1v) is 7.96. The Morgan fingerprint density at radius 1 is 1.32 bits per heavy atom. The van der Waals surface area contributed by atoms with Crippen molar-refractivity contribution in [3.63, 3.8) is 0 Å². The zero-order valence-electron chi connectivity index (χ0n) is 14.8. The van der Waals surface area contributed by atoms with Gasteiger partial charge in [-0.3, -0.25) is 14.6 Å². The fourth-order valence-electron chi connectivity index (χ4n) is 2.71. The molecule has 2 aromatic heterocycles. The first kappa shape index (κ1) is 16.8. The number of carbonyl (C=O) groups is 1. The van der Waals surface area contributed by atoms with Crippen molar-refractivity contribution in [2.24, 2.45) is 7.05 Å². The van der Waals surface area contributed by atoms with E-state index >= 15 is 0 Å². The lowest BCUT2D eigenvalue weighted by Crippen LogP contribution is -2.23. The number of nitrogens with one attached hydrogen (secondary N) is 2. The molecule has 1 aromatic carbocycles. The van der Waals surface area contributed by atoms with Crippen molar-refractivity contribution in [3.05, 3.63) is 53.0 Å². The molecule has 1 amide bonds. The fraction of sp³-hybridized carbons (Fsp3) is 0.278. The van der Waals surface area contributed by atoms with Crippen LogP contribution in [0.3, 0.4) is 0 Å². The Hall–Kier alpha value is -3.09. The third-order valence-corrected chi connectivity index (χ3v) is 4.27. The van der Waals surface area contributed by atoms with E-state index in [-0.39, 0.29) is 5.91 Å². The van der Waals surface area contributed by atoms with Gasteiger partial charge in [0.15, 0.2) is 0 Å². The number of H-pyrrole nitrogens is 1. The molecule has 0 aliphatic carbocycles. The molecule has 130 valence electrons. The summed E-state index contributed by atoms with van der Waals surface area (Å²) in [7, 11) is 3.51. The lowest BCUT2D eigenvalue weighted by atomic mass is 10.1. The monoisotopic (exact) mass is 339 g/mol. The summed E-state index contributed by atoms with van der Waals surface area (Å²) < 4.78 is 7.03. The van der Waals surface area contributed by atoms with Gasteiger partial charge in [-0.25, -0.2) is 0 Å². The third kappa shape index (κ3) is 3.40. The number of aromatic nitrogens is 4. The van der Waals surface area contributed by atoms with Gasteiger partial charge in [0.25, 0.3) is 5.91 Å². The standard InChI is InChI=1S/C18H21N5O2/c1-11-15(12(2)23(3)22-11)10-19-18(24)17-9-16(20-21-17)13-6-5-7-14(8-13)25-4/h5-9H,10H2,1-4H3,(H,19,24)(H,20,21). The molecule has 0 aliphatic rings. The average Bonchev–Trinajstić information content (AvgIpc) is 3.19. The topological polar surface area (TPSA) is 84.8 Å². The van der Waals surface area contributed by atoms with Gasteiger partial charge in [-0.1, -0.05) is 12.1 Å². The molecule has 0 atom stereocenters. The first-order chi connectivity index (χ1) is 12.0. The highest BCUT2D eigenvalue weighted by Crippen LogP contribution is 2.22. The quantitative estimate of drug-likeness (QED) is 0.747. The number of hydrogen-bond acceptors (Lipinski definition) is 4. The number of hydrogen-bond donors (Lipinski definition) is 2. The summed E-state index contributed by atoms with van der Waals surface area (Å²) in [5.74, 6) is 0.540. The smallest absolute Gasteiger partial charge is 0.269 e. The molecule has 0 radical (unpaired) electrons. The molecule has 0 saturated heterocycles. The lowest BCUT2D eigenvalue weighted by molar-refractivity contribution is 0.0946. The third-order valence-electron chi connectivity index (χ3n) is 4.27. The summed E-state index contributed by atoms with van der Waals surface area (Å²) in [5, 5.41) is 14.3. The number of ether oxygens (including phenoxy) is 1. The molecule has 0 unspecified atom stereocenters. The molecule has 7 nitrogen and oxygen atoms in total. The number of benzene rings is 1. The summed E-state index contributed by atoms with van der Waals surface area (Å²) >= 11 is 0. The van der Waals surface area contributed by atoms with Crippen LogP contribution < -0.4 is 10.1 Å². The van der Waals surface area contributed by atoms with E-state index in [1.165, 1.54) is 0 Å². The highest BCUT2D eigenvalue weighted by Gasteiger charge is 2.14. The van der Waals surface area contributed by atoms with Crippen LogP contribution in [0.4, 0.5) is 0 Å². The molecule has 2 heterocycles. The second kappa shape index (κ2) is 6.80. The van der Waals surface area contributed by atoms with Crippen LogP contribution in [-0.4, -0.2) is 33.0 Å². The Morgan fingerprint density at radius 3 is 2.80 bits per heavy atom.